The van der Waals surface area contributed by atoms with Crippen molar-refractivity contribution in [3.05, 3.63) is 36.2 Å². The fourth-order valence-corrected chi connectivity index (χ4v) is 1.57. The molecule has 3 nitrogen and oxygen atoms in total. The Bertz CT molecular complexity index is 432. The summed E-state index contributed by atoms with van der Waals surface area (Å²) in [5.74, 6) is 0.933. The maximum Gasteiger partial charge on any atom is 0.163 e. The number of hydrogen-bond acceptors (Lipinski definition) is 2. The zero-order valence-electron chi connectivity index (χ0n) is 8.44. The molecule has 0 aliphatic rings. The van der Waals surface area contributed by atoms with Crippen molar-refractivity contribution in [3.8, 4) is 11.4 Å². The number of nitrogens with zero attached hydrogens (tertiary/aromatic N) is 3. The molecule has 0 fully saturated rings. The van der Waals surface area contributed by atoms with Crippen molar-refractivity contribution in [1.29, 1.82) is 0 Å². The Balaban J connectivity index is 2.56. The van der Waals surface area contributed by atoms with Crippen molar-refractivity contribution in [2.45, 2.75) is 13.3 Å². The summed E-state index contributed by atoms with van der Waals surface area (Å²) in [6, 6.07) is 8.30. The van der Waals surface area contributed by atoms with E-state index in [2.05, 4.69) is 35.3 Å². The minimum atomic E-state index is 0.933. The summed E-state index contributed by atoms with van der Waals surface area (Å²) in [7, 11) is 1.96. The van der Waals surface area contributed by atoms with Gasteiger partial charge in [-0.25, -0.2) is 0 Å². The summed E-state index contributed by atoms with van der Waals surface area (Å²) < 4.78 is 1.94. The molecule has 0 bridgehead atoms. The number of hydrogen-bond donors (Lipinski definition) is 0. The van der Waals surface area contributed by atoms with E-state index in [9.17, 15) is 0 Å². The van der Waals surface area contributed by atoms with Gasteiger partial charge in [-0.1, -0.05) is 31.2 Å². The second-order valence-electron chi connectivity index (χ2n) is 3.28. The molecule has 2 rings (SSSR count). The van der Waals surface area contributed by atoms with Crippen LogP contribution in [0.15, 0.2) is 30.6 Å². The third kappa shape index (κ3) is 1.41. The highest BCUT2D eigenvalue weighted by atomic mass is 15.2. The van der Waals surface area contributed by atoms with E-state index >= 15 is 0 Å². The molecular weight excluding hydrogens is 174 g/mol. The van der Waals surface area contributed by atoms with Gasteiger partial charge in [-0.3, -0.25) is 0 Å². The highest BCUT2D eigenvalue weighted by molar-refractivity contribution is 5.60. The van der Waals surface area contributed by atoms with Crippen LogP contribution in [0, 0.1) is 0 Å². The van der Waals surface area contributed by atoms with Crippen LogP contribution in [0.1, 0.15) is 12.5 Å². The summed E-state index contributed by atoms with van der Waals surface area (Å²) >= 11 is 0. The van der Waals surface area contributed by atoms with Gasteiger partial charge in [0, 0.05) is 12.6 Å². The lowest BCUT2D eigenvalue weighted by atomic mass is 10.1. The quantitative estimate of drug-likeness (QED) is 0.720. The van der Waals surface area contributed by atoms with Gasteiger partial charge in [0.25, 0.3) is 0 Å². The molecular formula is C11H13N3. The van der Waals surface area contributed by atoms with Gasteiger partial charge in [-0.05, 0) is 12.0 Å². The van der Waals surface area contributed by atoms with E-state index in [-0.39, 0.29) is 0 Å². The first-order chi connectivity index (χ1) is 6.83. The third-order valence-electron chi connectivity index (χ3n) is 2.35. The smallest absolute Gasteiger partial charge is 0.163 e. The minimum absolute atomic E-state index is 0.933. The van der Waals surface area contributed by atoms with Gasteiger partial charge in [0.05, 0.1) is 0 Å². The second kappa shape index (κ2) is 3.62. The van der Waals surface area contributed by atoms with Gasteiger partial charge in [0.15, 0.2) is 5.82 Å². The molecule has 0 unspecified atom stereocenters. The first-order valence-electron chi connectivity index (χ1n) is 4.75. The van der Waals surface area contributed by atoms with Gasteiger partial charge in [0.1, 0.15) is 6.33 Å². The average Bonchev–Trinajstić information content (AvgIpc) is 2.64. The maximum atomic E-state index is 4.11. The van der Waals surface area contributed by atoms with Gasteiger partial charge >= 0.3 is 0 Å². The fourth-order valence-electron chi connectivity index (χ4n) is 1.57. The zero-order valence-corrected chi connectivity index (χ0v) is 8.44. The minimum Gasteiger partial charge on any atom is -0.317 e. The third-order valence-corrected chi connectivity index (χ3v) is 2.35. The molecule has 0 amide bonds. The predicted molar refractivity (Wildman–Crippen MR) is 55.8 cm³/mol. The summed E-state index contributed by atoms with van der Waals surface area (Å²) in [6.45, 7) is 2.15. The Kier molecular flexibility index (Phi) is 2.31. The van der Waals surface area contributed by atoms with Gasteiger partial charge in [-0.2, -0.15) is 0 Å². The molecule has 0 saturated carbocycles. The average molecular weight is 187 g/mol. The number of aromatic nitrogens is 3. The van der Waals surface area contributed by atoms with Crippen LogP contribution in [-0.2, 0) is 13.5 Å². The molecule has 2 aromatic rings. The Hall–Kier alpha value is -1.64. The highest BCUT2D eigenvalue weighted by Gasteiger charge is 2.07. The lowest BCUT2D eigenvalue weighted by Gasteiger charge is -2.05. The summed E-state index contributed by atoms with van der Waals surface area (Å²) in [5.41, 5.74) is 2.48. The summed E-state index contributed by atoms with van der Waals surface area (Å²) in [4.78, 5) is 0. The maximum absolute atomic E-state index is 4.11. The predicted octanol–water partition coefficient (Wildman–Crippen LogP) is 2.04. The number of benzene rings is 1. The van der Waals surface area contributed by atoms with Crippen LogP contribution < -0.4 is 0 Å². The van der Waals surface area contributed by atoms with Crippen LogP contribution in [0.2, 0.25) is 0 Å². The van der Waals surface area contributed by atoms with E-state index in [0.717, 1.165) is 12.2 Å². The highest BCUT2D eigenvalue weighted by Crippen LogP contribution is 2.20. The Morgan fingerprint density at radius 3 is 2.71 bits per heavy atom. The fraction of sp³-hybridized carbons (Fsp3) is 0.273. The molecule has 72 valence electrons. The molecule has 0 saturated heterocycles. The Labute approximate surface area is 83.4 Å². The molecule has 0 atom stereocenters. The monoisotopic (exact) mass is 187 g/mol. The first-order valence-corrected chi connectivity index (χ1v) is 4.75. The van der Waals surface area contributed by atoms with Crippen LogP contribution in [-0.4, -0.2) is 14.8 Å². The van der Waals surface area contributed by atoms with Gasteiger partial charge in [0.2, 0.25) is 0 Å². The van der Waals surface area contributed by atoms with Crippen molar-refractivity contribution in [1.82, 2.24) is 14.8 Å². The van der Waals surface area contributed by atoms with E-state index in [1.165, 1.54) is 11.1 Å². The molecule has 0 radical (unpaired) electrons. The second-order valence-corrected chi connectivity index (χ2v) is 3.28. The number of aryl methyl sites for hydroxylation is 2. The zero-order chi connectivity index (χ0) is 9.97. The van der Waals surface area contributed by atoms with Gasteiger partial charge < -0.3 is 4.57 Å². The van der Waals surface area contributed by atoms with Gasteiger partial charge in [-0.15, -0.1) is 10.2 Å². The molecule has 1 aromatic carbocycles. The lowest BCUT2D eigenvalue weighted by Crippen LogP contribution is -1.94. The SMILES string of the molecule is CCc1ccccc1-c1nncn1C. The lowest BCUT2D eigenvalue weighted by molar-refractivity contribution is 0.916. The van der Waals surface area contributed by atoms with Crippen LogP contribution in [0.5, 0.6) is 0 Å². The standard InChI is InChI=1S/C11H13N3/c1-3-9-6-4-5-7-10(9)11-13-12-8-14(11)2/h4-8H,3H2,1-2H3. The van der Waals surface area contributed by atoms with E-state index in [1.54, 1.807) is 6.33 Å². The summed E-state index contributed by atoms with van der Waals surface area (Å²) in [5, 5.41) is 7.99. The molecule has 14 heavy (non-hydrogen) atoms. The van der Waals surface area contributed by atoms with Crippen LogP contribution in [0.3, 0.4) is 0 Å². The molecule has 3 heteroatoms. The topological polar surface area (TPSA) is 30.7 Å². The van der Waals surface area contributed by atoms with Crippen LogP contribution >= 0.6 is 0 Å². The molecule has 1 aromatic heterocycles. The molecule has 0 spiro atoms. The normalized spacial score (nSPS) is 10.4. The van der Waals surface area contributed by atoms with E-state index < -0.39 is 0 Å². The Morgan fingerprint density at radius 2 is 2.07 bits per heavy atom. The van der Waals surface area contributed by atoms with E-state index in [0.29, 0.717) is 0 Å². The molecule has 0 aliphatic heterocycles. The largest absolute Gasteiger partial charge is 0.317 e. The van der Waals surface area contributed by atoms with E-state index in [1.807, 2.05) is 17.7 Å². The molecule has 0 N–H and O–H groups in total. The van der Waals surface area contributed by atoms with Crippen molar-refractivity contribution in [2.75, 3.05) is 0 Å². The van der Waals surface area contributed by atoms with Crippen molar-refractivity contribution in [3.63, 3.8) is 0 Å². The van der Waals surface area contributed by atoms with Crippen LogP contribution in [0.4, 0.5) is 0 Å². The molecule has 0 aliphatic carbocycles. The molecule has 1 heterocycles. The summed E-state index contributed by atoms with van der Waals surface area (Å²) in [6.07, 6.45) is 2.74. The Morgan fingerprint density at radius 1 is 1.29 bits per heavy atom. The van der Waals surface area contributed by atoms with Crippen LogP contribution in [0.25, 0.3) is 11.4 Å². The van der Waals surface area contributed by atoms with Crippen molar-refractivity contribution >= 4 is 0 Å². The first kappa shape index (κ1) is 8.94. The van der Waals surface area contributed by atoms with E-state index in [4.69, 9.17) is 0 Å². The van der Waals surface area contributed by atoms with Crippen molar-refractivity contribution in [2.24, 2.45) is 7.05 Å². The number of rotatable bonds is 2. The van der Waals surface area contributed by atoms with Crippen molar-refractivity contribution < 1.29 is 0 Å².